The molecule has 0 bridgehead atoms. The number of nitrogens with one attached hydrogen (secondary N) is 2. The van der Waals surface area contributed by atoms with E-state index in [9.17, 15) is 8.42 Å². The van der Waals surface area contributed by atoms with Gasteiger partial charge in [0, 0.05) is 4.88 Å². The van der Waals surface area contributed by atoms with Gasteiger partial charge >= 0.3 is 0 Å². The molecule has 0 aliphatic heterocycles. The van der Waals surface area contributed by atoms with Crippen molar-refractivity contribution in [2.75, 3.05) is 0 Å². The Morgan fingerprint density at radius 3 is 2.80 bits per heavy atom. The Morgan fingerprint density at radius 1 is 1.40 bits per heavy atom. The zero-order chi connectivity index (χ0) is 14.0. The van der Waals surface area contributed by atoms with Gasteiger partial charge in [-0.3, -0.25) is 0 Å². The van der Waals surface area contributed by atoms with Crippen molar-refractivity contribution in [1.29, 1.82) is 0 Å². The number of nitrogens with zero attached hydrogens (tertiary/aromatic N) is 1. The Labute approximate surface area is 122 Å². The number of hydrogen-bond donors (Lipinski definition) is 2. The van der Waals surface area contributed by atoms with Gasteiger partial charge in [-0.2, -0.15) is 0 Å². The highest BCUT2D eigenvalue weighted by Gasteiger charge is 2.31. The Bertz CT molecular complexity index is 629. The lowest BCUT2D eigenvalue weighted by Gasteiger charge is -2.23. The quantitative estimate of drug-likeness (QED) is 0.891. The molecule has 0 radical (unpaired) electrons. The molecule has 0 saturated heterocycles. The van der Waals surface area contributed by atoms with Crippen LogP contribution in [0.25, 0.3) is 0 Å². The number of thiophene rings is 1. The van der Waals surface area contributed by atoms with Crippen LogP contribution in [0.1, 0.15) is 36.6 Å². The van der Waals surface area contributed by atoms with E-state index in [2.05, 4.69) is 14.7 Å². The van der Waals surface area contributed by atoms with E-state index >= 15 is 0 Å². The summed E-state index contributed by atoms with van der Waals surface area (Å²) >= 11 is 1.60. The lowest BCUT2D eigenvalue weighted by Crippen LogP contribution is -2.32. The van der Waals surface area contributed by atoms with Gasteiger partial charge in [0.15, 0.2) is 5.03 Å². The van der Waals surface area contributed by atoms with Crippen molar-refractivity contribution >= 4 is 21.4 Å². The first-order valence-electron chi connectivity index (χ1n) is 6.71. The summed E-state index contributed by atoms with van der Waals surface area (Å²) in [6, 6.07) is 3.83. The molecule has 1 saturated carbocycles. The molecule has 1 unspecified atom stereocenters. The van der Waals surface area contributed by atoms with Crippen LogP contribution in [0.3, 0.4) is 0 Å². The molecule has 3 rings (SSSR count). The van der Waals surface area contributed by atoms with Gasteiger partial charge in [0.1, 0.15) is 0 Å². The van der Waals surface area contributed by atoms with Crippen LogP contribution in [0.5, 0.6) is 0 Å². The molecule has 20 heavy (non-hydrogen) atoms. The first-order valence-corrected chi connectivity index (χ1v) is 9.07. The highest BCUT2D eigenvalue weighted by atomic mass is 32.2. The third-order valence-electron chi connectivity index (χ3n) is 3.77. The molecule has 2 aromatic rings. The second-order valence-corrected chi connectivity index (χ2v) is 7.74. The first kappa shape index (κ1) is 13.8. The molecule has 7 heteroatoms. The minimum atomic E-state index is -3.54. The van der Waals surface area contributed by atoms with E-state index in [0.717, 1.165) is 17.7 Å². The minimum Gasteiger partial charge on any atom is -0.335 e. The van der Waals surface area contributed by atoms with Crippen LogP contribution < -0.4 is 4.72 Å². The fourth-order valence-corrected chi connectivity index (χ4v) is 4.90. The van der Waals surface area contributed by atoms with Crippen molar-refractivity contribution in [2.24, 2.45) is 5.92 Å². The number of imidazole rings is 1. The number of aromatic nitrogens is 2. The fraction of sp³-hybridized carbons (Fsp3) is 0.462. The molecule has 1 atom stereocenters. The topological polar surface area (TPSA) is 74.8 Å². The molecule has 108 valence electrons. The summed E-state index contributed by atoms with van der Waals surface area (Å²) in [4.78, 5) is 7.53. The predicted molar refractivity (Wildman–Crippen MR) is 77.9 cm³/mol. The molecule has 1 fully saturated rings. The molecule has 2 aromatic heterocycles. The van der Waals surface area contributed by atoms with Crippen LogP contribution in [0.15, 0.2) is 35.1 Å². The third kappa shape index (κ3) is 2.79. The van der Waals surface area contributed by atoms with E-state index in [-0.39, 0.29) is 11.1 Å². The van der Waals surface area contributed by atoms with Crippen LogP contribution in [-0.4, -0.2) is 18.4 Å². The molecule has 0 spiro atoms. The van der Waals surface area contributed by atoms with Gasteiger partial charge in [-0.1, -0.05) is 18.9 Å². The highest BCUT2D eigenvalue weighted by Crippen LogP contribution is 2.38. The predicted octanol–water partition coefficient (Wildman–Crippen LogP) is 2.68. The molecule has 5 nitrogen and oxygen atoms in total. The molecule has 1 aliphatic carbocycles. The summed E-state index contributed by atoms with van der Waals surface area (Å²) in [6.45, 7) is 0. The second-order valence-electron chi connectivity index (χ2n) is 5.07. The Kier molecular flexibility index (Phi) is 3.91. The normalized spacial score (nSPS) is 18.4. The largest absolute Gasteiger partial charge is 0.335 e. The van der Waals surface area contributed by atoms with Crippen LogP contribution in [0, 0.1) is 5.92 Å². The maximum Gasteiger partial charge on any atom is 0.258 e. The maximum atomic E-state index is 12.4. The van der Waals surface area contributed by atoms with Crippen molar-refractivity contribution in [2.45, 2.75) is 36.8 Å². The Morgan fingerprint density at radius 2 is 2.20 bits per heavy atom. The summed E-state index contributed by atoms with van der Waals surface area (Å²) in [5.74, 6) is 0.381. The Hall–Kier alpha value is -1.18. The fourth-order valence-electron chi connectivity index (χ4n) is 2.77. The van der Waals surface area contributed by atoms with Gasteiger partial charge in [0.25, 0.3) is 10.0 Å². The van der Waals surface area contributed by atoms with Crippen LogP contribution in [0.4, 0.5) is 0 Å². The van der Waals surface area contributed by atoms with E-state index in [1.807, 2.05) is 17.5 Å². The summed E-state index contributed by atoms with van der Waals surface area (Å²) in [7, 11) is -3.54. The molecule has 0 aromatic carbocycles. The van der Waals surface area contributed by atoms with Gasteiger partial charge in [-0.25, -0.2) is 18.1 Å². The van der Waals surface area contributed by atoms with Crippen molar-refractivity contribution in [1.82, 2.24) is 14.7 Å². The van der Waals surface area contributed by atoms with Crippen LogP contribution in [-0.2, 0) is 10.0 Å². The van der Waals surface area contributed by atoms with Crippen molar-refractivity contribution < 1.29 is 8.42 Å². The standard InChI is InChI=1S/C13H17N3O2S2/c17-20(18,12-8-14-9-15-12)16-13(10-4-1-2-5-10)11-6-3-7-19-11/h3,6-10,13,16H,1-2,4-5H2,(H,14,15). The molecule has 0 amide bonds. The minimum absolute atomic E-state index is 0.122. The first-order chi connectivity index (χ1) is 9.67. The molecule has 2 N–H and O–H groups in total. The van der Waals surface area contributed by atoms with Crippen molar-refractivity contribution in [3.63, 3.8) is 0 Å². The zero-order valence-corrected chi connectivity index (χ0v) is 12.6. The van der Waals surface area contributed by atoms with E-state index < -0.39 is 10.0 Å². The lowest BCUT2D eigenvalue weighted by molar-refractivity contribution is 0.415. The lowest BCUT2D eigenvalue weighted by atomic mass is 9.98. The average Bonchev–Trinajstić information content (AvgIpc) is 3.16. The van der Waals surface area contributed by atoms with Gasteiger partial charge in [0.05, 0.1) is 18.6 Å². The van der Waals surface area contributed by atoms with Gasteiger partial charge in [-0.15, -0.1) is 11.3 Å². The van der Waals surface area contributed by atoms with Crippen molar-refractivity contribution in [3.8, 4) is 0 Å². The molecule has 1 aliphatic rings. The van der Waals surface area contributed by atoms with E-state index in [1.54, 1.807) is 11.3 Å². The number of rotatable bonds is 5. The summed E-state index contributed by atoms with van der Waals surface area (Å²) in [5.41, 5.74) is 0. The van der Waals surface area contributed by atoms with Crippen molar-refractivity contribution in [3.05, 3.63) is 34.9 Å². The van der Waals surface area contributed by atoms with E-state index in [1.165, 1.54) is 25.4 Å². The van der Waals surface area contributed by atoms with Gasteiger partial charge in [-0.05, 0) is 30.2 Å². The van der Waals surface area contributed by atoms with Crippen LogP contribution in [0.2, 0.25) is 0 Å². The third-order valence-corrected chi connectivity index (χ3v) is 6.09. The van der Waals surface area contributed by atoms with E-state index in [0.29, 0.717) is 5.92 Å². The SMILES string of the molecule is O=S(=O)(NC(c1cccs1)C1CCCC1)c1cnc[nH]1. The summed E-state index contributed by atoms with van der Waals surface area (Å²) in [5, 5.41) is 2.11. The monoisotopic (exact) mass is 311 g/mol. The van der Waals surface area contributed by atoms with E-state index in [4.69, 9.17) is 0 Å². The number of sulfonamides is 1. The zero-order valence-electron chi connectivity index (χ0n) is 11.0. The van der Waals surface area contributed by atoms with Gasteiger partial charge < -0.3 is 4.98 Å². The number of aromatic amines is 1. The molecule has 2 heterocycles. The van der Waals surface area contributed by atoms with Gasteiger partial charge in [0.2, 0.25) is 0 Å². The molecular formula is C13H17N3O2S2. The number of H-pyrrole nitrogens is 1. The average molecular weight is 311 g/mol. The Balaban J connectivity index is 1.87. The highest BCUT2D eigenvalue weighted by molar-refractivity contribution is 7.89. The van der Waals surface area contributed by atoms with Crippen LogP contribution >= 0.6 is 11.3 Å². The summed E-state index contributed by atoms with van der Waals surface area (Å²) in [6.07, 6.45) is 7.23. The second kappa shape index (κ2) is 5.67. The summed E-state index contributed by atoms with van der Waals surface area (Å²) < 4.78 is 27.6. The maximum absolute atomic E-state index is 12.4. The number of hydrogen-bond acceptors (Lipinski definition) is 4. The smallest absolute Gasteiger partial charge is 0.258 e. The molecular weight excluding hydrogens is 294 g/mol.